The van der Waals surface area contributed by atoms with Crippen LogP contribution in [0.15, 0.2) is 59.6 Å². The predicted molar refractivity (Wildman–Crippen MR) is 89.0 cm³/mol. The van der Waals surface area contributed by atoms with Crippen molar-refractivity contribution in [2.24, 2.45) is 5.92 Å². The van der Waals surface area contributed by atoms with Gasteiger partial charge in [0.25, 0.3) is 0 Å². The molecular formula is C19H21Cl. The zero-order valence-corrected chi connectivity index (χ0v) is 13.1. The summed E-state index contributed by atoms with van der Waals surface area (Å²) in [6.45, 7) is 6.50. The first-order valence-corrected chi connectivity index (χ1v) is 7.54. The van der Waals surface area contributed by atoms with Crippen molar-refractivity contribution in [1.82, 2.24) is 0 Å². The molecule has 0 aliphatic carbocycles. The van der Waals surface area contributed by atoms with Gasteiger partial charge in [0.15, 0.2) is 0 Å². The second kappa shape index (κ2) is 6.76. The summed E-state index contributed by atoms with van der Waals surface area (Å²) in [6, 6.07) is 18.9. The van der Waals surface area contributed by atoms with Gasteiger partial charge in [-0.2, -0.15) is 0 Å². The van der Waals surface area contributed by atoms with E-state index in [4.69, 9.17) is 11.6 Å². The maximum Gasteiger partial charge on any atom is 0.0293 e. The molecule has 104 valence electrons. The number of aryl methyl sites for hydroxylation is 1. The van der Waals surface area contributed by atoms with Crippen molar-refractivity contribution < 1.29 is 0 Å². The Balaban J connectivity index is 2.66. The summed E-state index contributed by atoms with van der Waals surface area (Å²) in [5, 5.41) is 0.952. The van der Waals surface area contributed by atoms with E-state index < -0.39 is 0 Å². The van der Waals surface area contributed by atoms with Gasteiger partial charge in [-0.25, -0.2) is 0 Å². The Morgan fingerprint density at radius 1 is 1.00 bits per heavy atom. The minimum atomic E-state index is 0.367. The molecule has 0 N–H and O–H groups in total. The highest BCUT2D eigenvalue weighted by Gasteiger charge is 2.15. The predicted octanol–water partition coefficient (Wildman–Crippen LogP) is 6.04. The summed E-state index contributed by atoms with van der Waals surface area (Å²) in [6.07, 6.45) is 1.04. The van der Waals surface area contributed by atoms with E-state index >= 15 is 0 Å². The molecule has 20 heavy (non-hydrogen) atoms. The number of rotatable bonds is 4. The van der Waals surface area contributed by atoms with Crippen molar-refractivity contribution in [1.29, 1.82) is 0 Å². The third-order valence-electron chi connectivity index (χ3n) is 3.76. The molecule has 0 fully saturated rings. The molecule has 0 nitrogen and oxygen atoms in total. The average Bonchev–Trinajstić information content (AvgIpc) is 2.49. The fourth-order valence-electron chi connectivity index (χ4n) is 2.31. The first-order chi connectivity index (χ1) is 9.65. The number of benzene rings is 2. The molecule has 0 saturated carbocycles. The maximum absolute atomic E-state index is 6.72. The van der Waals surface area contributed by atoms with Crippen molar-refractivity contribution in [2.45, 2.75) is 27.2 Å². The fraction of sp³-hybridized carbons (Fsp3) is 0.263. The van der Waals surface area contributed by atoms with Crippen LogP contribution in [0.2, 0.25) is 0 Å². The van der Waals surface area contributed by atoms with E-state index in [1.165, 1.54) is 22.3 Å². The lowest BCUT2D eigenvalue weighted by molar-refractivity contribution is 0.686. The maximum atomic E-state index is 6.72. The van der Waals surface area contributed by atoms with Crippen molar-refractivity contribution in [2.75, 3.05) is 0 Å². The van der Waals surface area contributed by atoms with Crippen LogP contribution in [0.25, 0.3) is 5.57 Å². The molecule has 0 unspecified atom stereocenters. The molecule has 0 amide bonds. The third kappa shape index (κ3) is 3.13. The van der Waals surface area contributed by atoms with Gasteiger partial charge in [-0.3, -0.25) is 0 Å². The van der Waals surface area contributed by atoms with Crippen molar-refractivity contribution in [3.63, 3.8) is 0 Å². The van der Waals surface area contributed by atoms with Gasteiger partial charge in [0.05, 0.1) is 0 Å². The Bertz CT molecular complexity index is 596. The zero-order valence-electron chi connectivity index (χ0n) is 12.4. The van der Waals surface area contributed by atoms with E-state index in [1.807, 2.05) is 6.07 Å². The first-order valence-electron chi connectivity index (χ1n) is 7.16. The molecule has 2 rings (SSSR count). The van der Waals surface area contributed by atoms with Crippen LogP contribution in [0.5, 0.6) is 0 Å². The lowest BCUT2D eigenvalue weighted by Crippen LogP contribution is -2.00. The highest BCUT2D eigenvalue weighted by atomic mass is 35.5. The van der Waals surface area contributed by atoms with Gasteiger partial charge < -0.3 is 0 Å². The summed E-state index contributed by atoms with van der Waals surface area (Å²) in [5.74, 6) is 0.367. The quantitative estimate of drug-likeness (QED) is 0.642. The Hall–Kier alpha value is -1.53. The SMILES string of the molecule is CC[C@H](C)/C(Cl)=C(/c1ccccc1)c1ccccc1C. The highest BCUT2D eigenvalue weighted by molar-refractivity contribution is 6.33. The van der Waals surface area contributed by atoms with Crippen LogP contribution < -0.4 is 0 Å². The van der Waals surface area contributed by atoms with Gasteiger partial charge in [-0.05, 0) is 36.0 Å². The number of allylic oxidation sites excluding steroid dienone is 1. The summed E-state index contributed by atoms with van der Waals surface area (Å²) >= 11 is 6.72. The number of halogens is 1. The van der Waals surface area contributed by atoms with E-state index in [2.05, 4.69) is 69.3 Å². The van der Waals surface area contributed by atoms with Crippen LogP contribution in [0.4, 0.5) is 0 Å². The van der Waals surface area contributed by atoms with Gasteiger partial charge >= 0.3 is 0 Å². The van der Waals surface area contributed by atoms with Crippen LogP contribution >= 0.6 is 11.6 Å². The molecule has 0 saturated heterocycles. The van der Waals surface area contributed by atoms with E-state index in [-0.39, 0.29) is 0 Å². The van der Waals surface area contributed by atoms with Crippen LogP contribution in [-0.2, 0) is 0 Å². The van der Waals surface area contributed by atoms with Crippen molar-refractivity contribution in [3.05, 3.63) is 76.3 Å². The Morgan fingerprint density at radius 3 is 2.20 bits per heavy atom. The lowest BCUT2D eigenvalue weighted by Gasteiger charge is -2.17. The van der Waals surface area contributed by atoms with Crippen LogP contribution in [0, 0.1) is 12.8 Å². The molecule has 0 aliphatic rings. The van der Waals surface area contributed by atoms with Gasteiger partial charge in [-0.1, -0.05) is 80.0 Å². The molecule has 1 atom stereocenters. The highest BCUT2D eigenvalue weighted by Crippen LogP contribution is 2.35. The molecule has 2 aromatic carbocycles. The summed E-state index contributed by atoms with van der Waals surface area (Å²) in [5.41, 5.74) is 4.84. The van der Waals surface area contributed by atoms with Crippen LogP contribution in [0.3, 0.4) is 0 Å². The first kappa shape index (κ1) is 14.9. The summed E-state index contributed by atoms with van der Waals surface area (Å²) in [7, 11) is 0. The normalized spacial score (nSPS) is 13.8. The second-order valence-electron chi connectivity index (χ2n) is 5.21. The van der Waals surface area contributed by atoms with Crippen LogP contribution in [0.1, 0.15) is 37.0 Å². The monoisotopic (exact) mass is 284 g/mol. The van der Waals surface area contributed by atoms with Crippen LogP contribution in [-0.4, -0.2) is 0 Å². The summed E-state index contributed by atoms with van der Waals surface area (Å²) < 4.78 is 0. The van der Waals surface area contributed by atoms with Gasteiger partial charge in [0, 0.05) is 10.6 Å². The number of hydrogen-bond acceptors (Lipinski definition) is 0. The minimum Gasteiger partial charge on any atom is -0.0882 e. The average molecular weight is 285 g/mol. The minimum absolute atomic E-state index is 0.367. The van der Waals surface area contributed by atoms with Gasteiger partial charge in [0.2, 0.25) is 0 Å². The fourth-order valence-corrected chi connectivity index (χ4v) is 2.67. The molecular weight excluding hydrogens is 264 g/mol. The van der Waals surface area contributed by atoms with E-state index in [0.29, 0.717) is 5.92 Å². The largest absolute Gasteiger partial charge is 0.0882 e. The molecule has 0 aromatic heterocycles. The smallest absolute Gasteiger partial charge is 0.0293 e. The topological polar surface area (TPSA) is 0 Å². The van der Waals surface area contributed by atoms with Gasteiger partial charge in [0.1, 0.15) is 0 Å². The molecule has 0 aliphatic heterocycles. The Kier molecular flexibility index (Phi) is 5.03. The second-order valence-corrected chi connectivity index (χ2v) is 5.62. The molecule has 0 bridgehead atoms. The molecule has 1 heteroatoms. The van der Waals surface area contributed by atoms with Crippen molar-refractivity contribution >= 4 is 17.2 Å². The Morgan fingerprint density at radius 2 is 1.60 bits per heavy atom. The molecule has 0 radical (unpaired) electrons. The van der Waals surface area contributed by atoms with Gasteiger partial charge in [-0.15, -0.1) is 0 Å². The standard InChI is InChI=1S/C19H21Cl/c1-4-14(2)19(20)18(16-11-6-5-7-12-16)17-13-9-8-10-15(17)3/h5-14H,4H2,1-3H3/b19-18+/t14-/m0/s1. The van der Waals surface area contributed by atoms with E-state index in [0.717, 1.165) is 11.5 Å². The molecule has 0 spiro atoms. The summed E-state index contributed by atoms with van der Waals surface area (Å²) in [4.78, 5) is 0. The lowest BCUT2D eigenvalue weighted by atomic mass is 9.91. The molecule has 0 heterocycles. The zero-order chi connectivity index (χ0) is 14.5. The van der Waals surface area contributed by atoms with E-state index in [1.54, 1.807) is 0 Å². The third-order valence-corrected chi connectivity index (χ3v) is 4.32. The Labute approximate surface area is 127 Å². The van der Waals surface area contributed by atoms with Crippen molar-refractivity contribution in [3.8, 4) is 0 Å². The van der Waals surface area contributed by atoms with E-state index in [9.17, 15) is 0 Å². The molecule has 2 aromatic rings. The number of hydrogen-bond donors (Lipinski definition) is 0.